The van der Waals surface area contributed by atoms with Crippen molar-refractivity contribution in [2.45, 2.75) is 43.1 Å². The van der Waals surface area contributed by atoms with Crippen molar-refractivity contribution in [3.63, 3.8) is 0 Å². The third-order valence-corrected chi connectivity index (χ3v) is 5.62. The van der Waals surface area contributed by atoms with Gasteiger partial charge in [0.2, 0.25) is 5.91 Å². The molecule has 3 fully saturated rings. The van der Waals surface area contributed by atoms with Gasteiger partial charge in [0, 0.05) is 12.3 Å². The molecule has 7 nitrogen and oxygen atoms in total. The van der Waals surface area contributed by atoms with E-state index in [2.05, 4.69) is 10.6 Å². The number of rotatable bonds is 3. The number of urea groups is 1. The van der Waals surface area contributed by atoms with E-state index in [1.165, 1.54) is 16.7 Å². The SMILES string of the molecule is O=C1NCCCC1NC(=O)N1C(C(=O)O)CSC1C1CC1. The maximum Gasteiger partial charge on any atom is 0.327 e. The van der Waals surface area contributed by atoms with E-state index < -0.39 is 24.1 Å². The first kappa shape index (κ1) is 14.5. The molecule has 3 aliphatic rings. The molecule has 3 rings (SSSR count). The number of piperidine rings is 1. The fourth-order valence-corrected chi connectivity index (χ4v) is 4.48. The summed E-state index contributed by atoms with van der Waals surface area (Å²) in [6.07, 6.45) is 3.50. The molecule has 0 spiro atoms. The van der Waals surface area contributed by atoms with Crippen LogP contribution in [0, 0.1) is 5.92 Å². The maximum atomic E-state index is 12.5. The molecule has 8 heteroatoms. The topological polar surface area (TPSA) is 98.7 Å². The van der Waals surface area contributed by atoms with Crippen LogP contribution in [0.4, 0.5) is 4.79 Å². The van der Waals surface area contributed by atoms with Gasteiger partial charge in [-0.3, -0.25) is 9.69 Å². The number of nitrogens with zero attached hydrogens (tertiary/aromatic N) is 1. The van der Waals surface area contributed by atoms with Crippen LogP contribution in [0.5, 0.6) is 0 Å². The molecule has 116 valence electrons. The molecule has 1 aliphatic carbocycles. The molecule has 3 atom stereocenters. The minimum atomic E-state index is -0.978. The van der Waals surface area contributed by atoms with Crippen molar-refractivity contribution in [1.29, 1.82) is 0 Å². The molecular weight excluding hydrogens is 294 g/mol. The van der Waals surface area contributed by atoms with Gasteiger partial charge in [0.25, 0.3) is 0 Å². The number of aliphatic carboxylic acids is 1. The lowest BCUT2D eigenvalue weighted by Crippen LogP contribution is -2.57. The first-order valence-electron chi connectivity index (χ1n) is 7.29. The molecule has 21 heavy (non-hydrogen) atoms. The molecule has 0 aromatic heterocycles. The van der Waals surface area contributed by atoms with Crippen molar-refractivity contribution in [3.05, 3.63) is 0 Å². The number of hydrogen-bond donors (Lipinski definition) is 3. The maximum absolute atomic E-state index is 12.5. The first-order chi connectivity index (χ1) is 10.1. The van der Waals surface area contributed by atoms with E-state index in [1.807, 2.05) is 0 Å². The second-order valence-electron chi connectivity index (χ2n) is 5.76. The fourth-order valence-electron chi connectivity index (χ4n) is 2.85. The standard InChI is InChI=1S/C13H19N3O4S/c17-10-8(2-1-5-14-10)15-13(20)16-9(12(18)19)6-21-11(16)7-3-4-7/h7-9,11H,1-6H2,(H,14,17)(H,15,20)(H,18,19). The van der Waals surface area contributed by atoms with E-state index in [9.17, 15) is 19.5 Å². The summed E-state index contributed by atoms with van der Waals surface area (Å²) >= 11 is 1.53. The van der Waals surface area contributed by atoms with Gasteiger partial charge in [0.05, 0.1) is 5.37 Å². The Morgan fingerprint density at radius 3 is 2.71 bits per heavy atom. The van der Waals surface area contributed by atoms with Crippen molar-refractivity contribution in [1.82, 2.24) is 15.5 Å². The zero-order valence-electron chi connectivity index (χ0n) is 11.6. The number of nitrogens with one attached hydrogen (secondary N) is 2. The third kappa shape index (κ3) is 2.95. The number of thioether (sulfide) groups is 1. The van der Waals surface area contributed by atoms with Gasteiger partial charge >= 0.3 is 12.0 Å². The smallest absolute Gasteiger partial charge is 0.327 e. The lowest BCUT2D eigenvalue weighted by molar-refractivity contribution is -0.141. The molecule has 2 saturated heterocycles. The summed E-state index contributed by atoms with van der Waals surface area (Å²) in [6.45, 7) is 0.632. The molecule has 0 radical (unpaired) electrons. The molecule has 3 amide bonds. The van der Waals surface area contributed by atoms with Gasteiger partial charge in [0.15, 0.2) is 0 Å². The summed E-state index contributed by atoms with van der Waals surface area (Å²) in [5, 5.41) is 14.6. The van der Waals surface area contributed by atoms with Crippen molar-refractivity contribution in [2.75, 3.05) is 12.3 Å². The van der Waals surface area contributed by atoms with E-state index >= 15 is 0 Å². The van der Waals surface area contributed by atoms with Gasteiger partial charge in [-0.05, 0) is 31.6 Å². The van der Waals surface area contributed by atoms with Crippen LogP contribution in [-0.4, -0.2) is 57.7 Å². The van der Waals surface area contributed by atoms with Crippen LogP contribution < -0.4 is 10.6 Å². The molecule has 0 bridgehead atoms. The Morgan fingerprint density at radius 2 is 2.10 bits per heavy atom. The third-order valence-electron chi connectivity index (χ3n) is 4.16. The van der Waals surface area contributed by atoms with Crippen LogP contribution in [0.1, 0.15) is 25.7 Å². The van der Waals surface area contributed by atoms with Crippen LogP contribution >= 0.6 is 11.8 Å². The average Bonchev–Trinajstić information content (AvgIpc) is 3.19. The quantitative estimate of drug-likeness (QED) is 0.692. The molecule has 2 aliphatic heterocycles. The molecule has 0 aromatic rings. The summed E-state index contributed by atoms with van der Waals surface area (Å²) < 4.78 is 0. The molecule has 1 saturated carbocycles. The number of carboxylic acids is 1. The fraction of sp³-hybridized carbons (Fsp3) is 0.769. The Morgan fingerprint density at radius 1 is 1.33 bits per heavy atom. The molecule has 0 aromatic carbocycles. The zero-order chi connectivity index (χ0) is 15.0. The predicted octanol–water partition coefficient (Wildman–Crippen LogP) is 0.213. The van der Waals surface area contributed by atoms with Gasteiger partial charge in [0.1, 0.15) is 12.1 Å². The normalized spacial score (nSPS) is 32.7. The van der Waals surface area contributed by atoms with Gasteiger partial charge in [-0.2, -0.15) is 0 Å². The first-order valence-corrected chi connectivity index (χ1v) is 8.34. The summed E-state index contributed by atoms with van der Waals surface area (Å²) in [5.41, 5.74) is 0. The largest absolute Gasteiger partial charge is 0.480 e. The number of carboxylic acid groups (broad SMARTS) is 1. The highest BCUT2D eigenvalue weighted by Gasteiger charge is 2.48. The van der Waals surface area contributed by atoms with Gasteiger partial charge in [-0.15, -0.1) is 11.8 Å². The van der Waals surface area contributed by atoms with E-state index in [1.54, 1.807) is 0 Å². The van der Waals surface area contributed by atoms with E-state index in [0.717, 1.165) is 19.3 Å². The Hall–Kier alpha value is -1.44. The summed E-state index contributed by atoms with van der Waals surface area (Å²) in [5.74, 6) is -0.351. The second kappa shape index (κ2) is 5.75. The predicted molar refractivity (Wildman–Crippen MR) is 76.8 cm³/mol. The lowest BCUT2D eigenvalue weighted by Gasteiger charge is -2.30. The van der Waals surface area contributed by atoms with Crippen LogP contribution in [-0.2, 0) is 9.59 Å². The van der Waals surface area contributed by atoms with Gasteiger partial charge in [-0.1, -0.05) is 0 Å². The summed E-state index contributed by atoms with van der Waals surface area (Å²) in [7, 11) is 0. The van der Waals surface area contributed by atoms with E-state index in [4.69, 9.17) is 0 Å². The minimum Gasteiger partial charge on any atom is -0.480 e. The molecule has 3 unspecified atom stereocenters. The number of hydrogen-bond acceptors (Lipinski definition) is 4. The van der Waals surface area contributed by atoms with Gasteiger partial charge in [-0.25, -0.2) is 9.59 Å². The van der Waals surface area contributed by atoms with Crippen LogP contribution in [0.3, 0.4) is 0 Å². The minimum absolute atomic E-state index is 0.0715. The van der Waals surface area contributed by atoms with Crippen molar-refractivity contribution >= 4 is 29.7 Å². The second-order valence-corrected chi connectivity index (χ2v) is 6.91. The van der Waals surface area contributed by atoms with E-state index in [-0.39, 0.29) is 11.3 Å². The molecule has 3 N–H and O–H groups in total. The Labute approximate surface area is 126 Å². The van der Waals surface area contributed by atoms with Crippen molar-refractivity contribution in [2.24, 2.45) is 5.92 Å². The van der Waals surface area contributed by atoms with Crippen molar-refractivity contribution in [3.8, 4) is 0 Å². The Balaban J connectivity index is 1.70. The van der Waals surface area contributed by atoms with Gasteiger partial charge < -0.3 is 15.7 Å². The van der Waals surface area contributed by atoms with Crippen LogP contribution in [0.25, 0.3) is 0 Å². The lowest BCUT2D eigenvalue weighted by atomic mass is 10.1. The van der Waals surface area contributed by atoms with Crippen LogP contribution in [0.2, 0.25) is 0 Å². The van der Waals surface area contributed by atoms with Crippen LogP contribution in [0.15, 0.2) is 0 Å². The highest BCUT2D eigenvalue weighted by atomic mass is 32.2. The van der Waals surface area contributed by atoms with E-state index in [0.29, 0.717) is 24.6 Å². The highest BCUT2D eigenvalue weighted by molar-refractivity contribution is 8.00. The molecule has 2 heterocycles. The highest BCUT2D eigenvalue weighted by Crippen LogP contribution is 2.45. The summed E-state index contributed by atoms with van der Waals surface area (Å²) in [6, 6.07) is -1.77. The molecular formula is C13H19N3O4S. The van der Waals surface area contributed by atoms with Crippen molar-refractivity contribution < 1.29 is 19.5 Å². The Kier molecular flexibility index (Phi) is 3.97. The summed E-state index contributed by atoms with van der Waals surface area (Å²) in [4.78, 5) is 37.0. The number of amides is 3. The number of carbonyl (C=O) groups is 3. The number of carbonyl (C=O) groups excluding carboxylic acids is 2. The zero-order valence-corrected chi connectivity index (χ0v) is 12.4. The average molecular weight is 313 g/mol. The monoisotopic (exact) mass is 313 g/mol. The Bertz CT molecular complexity index is 468.